The van der Waals surface area contributed by atoms with E-state index in [1.54, 1.807) is 19.2 Å². The molecule has 0 saturated carbocycles. The number of aromatic amines is 1. The molecule has 5 heterocycles. The second-order valence-corrected chi connectivity index (χ2v) is 11.2. The zero-order chi connectivity index (χ0) is 33.8. The lowest BCUT2D eigenvalue weighted by Crippen LogP contribution is -2.30. The van der Waals surface area contributed by atoms with Gasteiger partial charge < -0.3 is 56.3 Å². The molecule has 0 spiro atoms. The Morgan fingerprint density at radius 3 is 2.26 bits per heavy atom. The number of fused-ring (bicyclic) bond motifs is 1. The van der Waals surface area contributed by atoms with Crippen LogP contribution in [0.1, 0.15) is 32.2 Å². The number of nitrogens with one attached hydrogen (secondary N) is 2. The number of nitrogen functional groups attached to an aromatic ring is 2. The summed E-state index contributed by atoms with van der Waals surface area (Å²) in [4.78, 5) is 59.7. The van der Waals surface area contributed by atoms with E-state index in [2.05, 4.69) is 25.3 Å². The van der Waals surface area contributed by atoms with Gasteiger partial charge in [0.15, 0.2) is 17.4 Å². The van der Waals surface area contributed by atoms with Crippen LogP contribution in [0.3, 0.4) is 0 Å². The third-order valence-corrected chi connectivity index (χ3v) is 6.78. The Hall–Kier alpha value is -4.24. The van der Waals surface area contributed by atoms with Crippen LogP contribution in [-0.4, -0.2) is 90.1 Å². The van der Waals surface area contributed by atoms with Gasteiger partial charge in [0.1, 0.15) is 24.3 Å². The van der Waals surface area contributed by atoms with E-state index in [1.165, 1.54) is 9.13 Å². The molecule has 0 unspecified atom stereocenters. The topological polar surface area (TPSA) is 319 Å². The zero-order valence-corrected chi connectivity index (χ0v) is 25.1. The summed E-state index contributed by atoms with van der Waals surface area (Å²) in [6.07, 6.45) is -1.38. The molecule has 3 aromatic heterocycles. The number of nitrogens with zero attached hydrogens (tertiary/aromatic N) is 5. The second kappa shape index (κ2) is 14.5. The first kappa shape index (κ1) is 34.6. The van der Waals surface area contributed by atoms with Crippen LogP contribution in [0.5, 0.6) is 0 Å². The largest absolute Gasteiger partial charge is 0.466 e. The molecule has 21 heteroatoms. The predicted molar refractivity (Wildman–Crippen MR) is 161 cm³/mol. The highest BCUT2D eigenvalue weighted by Crippen LogP contribution is 2.34. The normalized spacial score (nSPS) is 24.2. The quantitative estimate of drug-likeness (QED) is 0.110. The number of nitrogens with two attached hydrogens (primary N) is 2. The van der Waals surface area contributed by atoms with Crippen molar-refractivity contribution in [3.63, 3.8) is 0 Å². The van der Waals surface area contributed by atoms with Gasteiger partial charge in [-0.15, -0.1) is 0 Å². The molecule has 6 atom stereocenters. The van der Waals surface area contributed by atoms with Crippen molar-refractivity contribution in [1.82, 2.24) is 29.1 Å². The van der Waals surface area contributed by atoms with Crippen molar-refractivity contribution in [3.8, 4) is 0 Å². The molecular weight excluding hydrogens is 633 g/mol. The van der Waals surface area contributed by atoms with Crippen LogP contribution < -0.4 is 28.0 Å². The molecule has 6 rings (SSSR count). The number of aromatic nitrogens is 6. The first-order valence-corrected chi connectivity index (χ1v) is 15.2. The molecular formula is C25H34N9O11P. The van der Waals surface area contributed by atoms with Crippen LogP contribution in [0.4, 0.5) is 23.4 Å². The van der Waals surface area contributed by atoms with Crippen LogP contribution in [0.25, 0.3) is 11.2 Å². The smallest absolute Gasteiger partial charge is 0.394 e. The van der Waals surface area contributed by atoms with Crippen LogP contribution in [0.2, 0.25) is 0 Å². The first-order valence-electron chi connectivity index (χ1n) is 13.7. The van der Waals surface area contributed by atoms with Crippen LogP contribution in [0.15, 0.2) is 52.2 Å². The maximum absolute atomic E-state index is 12.2. The minimum Gasteiger partial charge on any atom is -0.394 e. The molecule has 2 aliphatic heterocycles. The number of benzene rings is 1. The molecule has 2 aliphatic rings. The number of aliphatic hydroxyl groups is 3. The zero-order valence-electron chi connectivity index (χ0n) is 24.2. The van der Waals surface area contributed by atoms with Crippen LogP contribution >= 0.6 is 7.82 Å². The van der Waals surface area contributed by atoms with Gasteiger partial charge in [-0.1, -0.05) is 18.2 Å². The molecule has 0 bridgehead atoms. The highest BCUT2D eigenvalue weighted by atomic mass is 31.2. The van der Waals surface area contributed by atoms with E-state index in [4.69, 9.17) is 45.3 Å². The summed E-state index contributed by atoms with van der Waals surface area (Å²) in [5.74, 6) is 0.351. The fraction of sp³-hybridized carbons (Fsp3) is 0.400. The summed E-state index contributed by atoms with van der Waals surface area (Å²) in [6.45, 7) is 1.62. The Morgan fingerprint density at radius 2 is 1.70 bits per heavy atom. The first-order chi connectivity index (χ1) is 21.7. The molecule has 0 aliphatic carbocycles. The third-order valence-electron chi connectivity index (χ3n) is 6.78. The Bertz CT molecular complexity index is 1790. The molecule has 1 aromatic carbocycles. The number of rotatable bonds is 5. The van der Waals surface area contributed by atoms with Gasteiger partial charge in [-0.3, -0.25) is 18.9 Å². The predicted octanol–water partition coefficient (Wildman–Crippen LogP) is -1.35. The Morgan fingerprint density at radius 1 is 1.02 bits per heavy atom. The van der Waals surface area contributed by atoms with Crippen molar-refractivity contribution in [1.29, 1.82) is 0 Å². The molecule has 12 N–H and O–H groups in total. The van der Waals surface area contributed by atoms with Crippen LogP contribution in [0, 0.1) is 0 Å². The van der Waals surface area contributed by atoms with Gasteiger partial charge in [-0.2, -0.15) is 9.97 Å². The van der Waals surface area contributed by atoms with Gasteiger partial charge in [0, 0.05) is 11.9 Å². The number of ether oxygens (including phenoxy) is 2. The lowest BCUT2D eigenvalue weighted by atomic mass is 10.1. The summed E-state index contributed by atoms with van der Waals surface area (Å²) in [7, 11) is -4.64. The average molecular weight is 668 g/mol. The number of hydrogen-bond donors (Lipinski definition) is 10. The van der Waals surface area contributed by atoms with Crippen molar-refractivity contribution >= 4 is 42.4 Å². The van der Waals surface area contributed by atoms with Crippen molar-refractivity contribution in [2.45, 2.75) is 56.6 Å². The molecule has 4 aromatic rings. The van der Waals surface area contributed by atoms with E-state index in [-0.39, 0.29) is 47.8 Å². The number of aliphatic hydroxyl groups excluding tert-OH is 3. The summed E-state index contributed by atoms with van der Waals surface area (Å²) < 4.78 is 22.8. The monoisotopic (exact) mass is 667 g/mol. The van der Waals surface area contributed by atoms with E-state index in [0.29, 0.717) is 6.42 Å². The number of hydrogen-bond acceptors (Lipinski definition) is 14. The number of anilines is 4. The number of para-hydroxylation sites is 1. The van der Waals surface area contributed by atoms with E-state index >= 15 is 0 Å². The molecule has 46 heavy (non-hydrogen) atoms. The second-order valence-electron chi connectivity index (χ2n) is 10.2. The van der Waals surface area contributed by atoms with Gasteiger partial charge >= 0.3 is 13.5 Å². The van der Waals surface area contributed by atoms with E-state index in [1.807, 2.05) is 30.3 Å². The highest BCUT2D eigenvalue weighted by molar-refractivity contribution is 7.45. The number of imidazole rings is 1. The maximum Gasteiger partial charge on any atom is 0.466 e. The lowest BCUT2D eigenvalue weighted by Gasteiger charge is -2.19. The van der Waals surface area contributed by atoms with E-state index < -0.39 is 43.6 Å². The van der Waals surface area contributed by atoms with Crippen molar-refractivity contribution < 1.29 is 44.0 Å². The van der Waals surface area contributed by atoms with Gasteiger partial charge in [0.2, 0.25) is 11.9 Å². The van der Waals surface area contributed by atoms with Crippen molar-refractivity contribution in [2.75, 3.05) is 23.4 Å². The maximum atomic E-state index is 12.2. The van der Waals surface area contributed by atoms with Gasteiger partial charge in [0.05, 0.1) is 18.8 Å². The van der Waals surface area contributed by atoms with Crippen molar-refractivity contribution in [2.24, 2.45) is 0 Å². The number of phosphoric acid groups is 1. The molecule has 2 saturated heterocycles. The fourth-order valence-electron chi connectivity index (χ4n) is 4.69. The van der Waals surface area contributed by atoms with Gasteiger partial charge in [-0.05, 0) is 38.0 Å². The van der Waals surface area contributed by atoms with Crippen molar-refractivity contribution in [3.05, 3.63) is 63.4 Å². The average Bonchev–Trinajstić information content (AvgIpc) is 3.66. The fourth-order valence-corrected chi connectivity index (χ4v) is 4.69. The summed E-state index contributed by atoms with van der Waals surface area (Å²) in [5.41, 5.74) is 11.0. The molecule has 0 radical (unpaired) electrons. The molecule has 0 amide bonds. The Kier molecular flexibility index (Phi) is 10.9. The third kappa shape index (κ3) is 8.51. The molecule has 2 fully saturated rings. The van der Waals surface area contributed by atoms with E-state index in [0.717, 1.165) is 12.1 Å². The summed E-state index contributed by atoms with van der Waals surface area (Å²) in [5, 5.41) is 32.4. The van der Waals surface area contributed by atoms with E-state index in [9.17, 15) is 19.8 Å². The lowest BCUT2D eigenvalue weighted by molar-refractivity contribution is -0.0286. The Balaban J connectivity index is 0.000000202. The van der Waals surface area contributed by atoms with Gasteiger partial charge in [-0.25, -0.2) is 14.3 Å². The molecule has 250 valence electrons. The summed E-state index contributed by atoms with van der Waals surface area (Å²) in [6, 6.07) is 10.7. The summed E-state index contributed by atoms with van der Waals surface area (Å²) >= 11 is 0. The highest BCUT2D eigenvalue weighted by Gasteiger charge is 2.43. The Labute approximate surface area is 259 Å². The number of H-pyrrole nitrogens is 1. The SMILES string of the molecule is C[C@H]1O[C@@H](n2c(Nc3ccccc3)nc3c(=O)[nH]c(N)nc32)[C@H](O)[C@H]1O.Nc1ccn([C@@H]2CC[C@H](CO)O2)c(=O)n1.O=P(O)(O)O. The van der Waals surface area contributed by atoms with Crippen LogP contribution in [-0.2, 0) is 14.0 Å². The van der Waals surface area contributed by atoms with Gasteiger partial charge in [0.25, 0.3) is 5.56 Å². The minimum atomic E-state index is -4.64. The standard InChI is InChI=1S/C16H18N6O4.C9H13N3O3.H3O4P/c1-7-10(23)11(24)14(26-7)22-12-9(13(25)21-15(17)20-12)19-16(22)18-8-5-3-2-4-6-8;10-7-3-4-12(9(14)11-7)8-2-1-6(5-13)15-8;1-5(2,3)4/h2-7,10-11,14,23-24H,1H3,(H,18,19)(H3,17,20,21,25);3-4,6,8,13H,1-2,5H2,(H2,10,11,14);(H3,1,2,3,4)/t7-,10+,11-,14-;6-,8+;/m11./s1. The molecule has 20 nitrogen and oxygen atoms in total. The minimum absolute atomic E-state index is 0.0202.